The van der Waals surface area contributed by atoms with Crippen LogP contribution in [0.5, 0.6) is 0 Å². The molecule has 7 heteroatoms. The van der Waals surface area contributed by atoms with Gasteiger partial charge < -0.3 is 5.11 Å². The fourth-order valence-corrected chi connectivity index (χ4v) is 4.46. The number of rotatable bonds is 3. The Hall–Kier alpha value is -1.44. The van der Waals surface area contributed by atoms with Crippen molar-refractivity contribution in [1.29, 1.82) is 0 Å². The molecule has 0 saturated heterocycles. The molecule has 0 fully saturated rings. The summed E-state index contributed by atoms with van der Waals surface area (Å²) in [6.07, 6.45) is 1.74. The van der Waals surface area contributed by atoms with Crippen molar-refractivity contribution in [3.05, 3.63) is 45.5 Å². The molecule has 0 aliphatic rings. The highest BCUT2D eigenvalue weighted by molar-refractivity contribution is 9.10. The maximum Gasteiger partial charge on any atom is 0.347 e. The van der Waals surface area contributed by atoms with Crippen LogP contribution >= 0.6 is 39.0 Å². The second-order valence-electron chi connectivity index (χ2n) is 4.25. The lowest BCUT2D eigenvalue weighted by Crippen LogP contribution is -1.94. The van der Waals surface area contributed by atoms with Gasteiger partial charge in [0.05, 0.1) is 5.69 Å². The van der Waals surface area contributed by atoms with Crippen LogP contribution in [0.4, 0.5) is 0 Å². The Balaban J connectivity index is 2.04. The summed E-state index contributed by atoms with van der Waals surface area (Å²) < 4.78 is 1.69. The summed E-state index contributed by atoms with van der Waals surface area (Å²) in [6, 6.07) is 7.87. The number of aromatic nitrogens is 2. The monoisotopic (exact) mass is 380 g/mol. The number of thiazole rings is 1. The standard InChI is InChI=1S/C14H9BrN2O2S2/c1-7-11(13(18)19)20-14(17-7)21-12-9-3-2-4-10(15)8(9)5-6-16-12/h2-6H,1H3,(H,18,19). The fourth-order valence-electron chi connectivity index (χ4n) is 1.92. The molecule has 0 spiro atoms. The second-order valence-corrected chi connectivity index (χ2v) is 7.34. The van der Waals surface area contributed by atoms with Gasteiger partial charge in [0.15, 0.2) is 4.34 Å². The van der Waals surface area contributed by atoms with Gasteiger partial charge in [0.2, 0.25) is 0 Å². The number of benzene rings is 1. The zero-order valence-corrected chi connectivity index (χ0v) is 14.1. The largest absolute Gasteiger partial charge is 0.477 e. The van der Waals surface area contributed by atoms with Crippen LogP contribution in [0.15, 0.2) is 44.3 Å². The second kappa shape index (κ2) is 5.75. The average Bonchev–Trinajstić information content (AvgIpc) is 2.81. The van der Waals surface area contributed by atoms with Crippen LogP contribution in [-0.4, -0.2) is 21.0 Å². The first-order valence-corrected chi connectivity index (χ1v) is 8.40. The van der Waals surface area contributed by atoms with Crippen LogP contribution < -0.4 is 0 Å². The SMILES string of the molecule is Cc1nc(Sc2nccc3c(Br)cccc23)sc1C(=O)O. The molecule has 0 saturated carbocycles. The van der Waals surface area contributed by atoms with Crippen LogP contribution in [0.3, 0.4) is 0 Å². The molecule has 0 amide bonds. The Morgan fingerprint density at radius 2 is 2.14 bits per heavy atom. The number of carboxylic acid groups (broad SMARTS) is 1. The van der Waals surface area contributed by atoms with Crippen molar-refractivity contribution in [2.45, 2.75) is 16.3 Å². The highest BCUT2D eigenvalue weighted by atomic mass is 79.9. The molecule has 0 bridgehead atoms. The third-order valence-electron chi connectivity index (χ3n) is 2.87. The molecule has 0 aliphatic heterocycles. The number of carboxylic acids is 1. The van der Waals surface area contributed by atoms with Crippen molar-refractivity contribution in [3.63, 3.8) is 0 Å². The van der Waals surface area contributed by atoms with E-state index in [1.54, 1.807) is 13.1 Å². The minimum Gasteiger partial charge on any atom is -0.477 e. The Morgan fingerprint density at radius 3 is 2.86 bits per heavy atom. The van der Waals surface area contributed by atoms with Crippen molar-refractivity contribution < 1.29 is 9.90 Å². The molecule has 1 N–H and O–H groups in total. The zero-order valence-electron chi connectivity index (χ0n) is 10.8. The summed E-state index contributed by atoms with van der Waals surface area (Å²) in [4.78, 5) is 20.1. The van der Waals surface area contributed by atoms with Crippen LogP contribution in [-0.2, 0) is 0 Å². The van der Waals surface area contributed by atoms with Gasteiger partial charge in [-0.2, -0.15) is 0 Å². The first-order chi connectivity index (χ1) is 10.1. The average molecular weight is 381 g/mol. The summed E-state index contributed by atoms with van der Waals surface area (Å²) in [5, 5.41) is 12.0. The Labute approximate surface area is 137 Å². The number of pyridine rings is 1. The van der Waals surface area contributed by atoms with Gasteiger partial charge in [-0.15, -0.1) is 0 Å². The number of hydrogen-bond donors (Lipinski definition) is 1. The van der Waals surface area contributed by atoms with Crippen molar-refractivity contribution in [1.82, 2.24) is 9.97 Å². The first-order valence-electron chi connectivity index (χ1n) is 5.98. The number of aromatic carboxylic acids is 1. The molecule has 2 aromatic heterocycles. The molecule has 0 unspecified atom stereocenters. The number of carbonyl (C=O) groups is 1. The van der Waals surface area contributed by atoms with Crippen LogP contribution in [0.1, 0.15) is 15.4 Å². The predicted octanol–water partition coefficient (Wildman–Crippen LogP) is 4.61. The number of halogens is 1. The molecule has 0 atom stereocenters. The minimum atomic E-state index is -0.939. The molecule has 2 heterocycles. The minimum absolute atomic E-state index is 0.277. The van der Waals surface area contributed by atoms with E-state index in [0.29, 0.717) is 10.0 Å². The first kappa shape index (κ1) is 14.5. The number of fused-ring (bicyclic) bond motifs is 1. The maximum absolute atomic E-state index is 11.1. The topological polar surface area (TPSA) is 63.1 Å². The molecule has 3 aromatic rings. The van der Waals surface area contributed by atoms with E-state index < -0.39 is 5.97 Å². The van der Waals surface area contributed by atoms with Gasteiger partial charge in [-0.3, -0.25) is 0 Å². The van der Waals surface area contributed by atoms with Crippen molar-refractivity contribution in [2.75, 3.05) is 0 Å². The van der Waals surface area contributed by atoms with Crippen molar-refractivity contribution in [2.24, 2.45) is 0 Å². The Morgan fingerprint density at radius 1 is 1.33 bits per heavy atom. The van der Waals surface area contributed by atoms with Gasteiger partial charge in [0.25, 0.3) is 0 Å². The summed E-state index contributed by atoms with van der Waals surface area (Å²) in [5.74, 6) is -0.939. The van der Waals surface area contributed by atoms with Gasteiger partial charge in [0, 0.05) is 21.4 Å². The zero-order chi connectivity index (χ0) is 15.0. The summed E-state index contributed by atoms with van der Waals surface area (Å²) in [7, 11) is 0. The molecule has 106 valence electrons. The van der Waals surface area contributed by atoms with E-state index in [-0.39, 0.29) is 4.88 Å². The van der Waals surface area contributed by atoms with E-state index >= 15 is 0 Å². The van der Waals surface area contributed by atoms with E-state index in [1.807, 2.05) is 24.3 Å². The van der Waals surface area contributed by atoms with E-state index in [2.05, 4.69) is 25.9 Å². The molecule has 0 aliphatic carbocycles. The molecule has 3 rings (SSSR count). The fraction of sp³-hybridized carbons (Fsp3) is 0.0714. The number of aryl methyl sites for hydroxylation is 1. The van der Waals surface area contributed by atoms with Gasteiger partial charge >= 0.3 is 5.97 Å². The van der Waals surface area contributed by atoms with E-state index in [1.165, 1.54) is 23.1 Å². The Kier molecular flexibility index (Phi) is 3.97. The lowest BCUT2D eigenvalue weighted by atomic mass is 10.2. The van der Waals surface area contributed by atoms with Crippen LogP contribution in [0.2, 0.25) is 0 Å². The summed E-state index contributed by atoms with van der Waals surface area (Å²) in [6.45, 7) is 1.71. The lowest BCUT2D eigenvalue weighted by molar-refractivity contribution is 0.0701. The molecule has 21 heavy (non-hydrogen) atoms. The summed E-state index contributed by atoms with van der Waals surface area (Å²) in [5.41, 5.74) is 0.538. The summed E-state index contributed by atoms with van der Waals surface area (Å²) >= 11 is 6.09. The highest BCUT2D eigenvalue weighted by Crippen LogP contribution is 2.36. The normalized spacial score (nSPS) is 11.0. The third kappa shape index (κ3) is 2.81. The van der Waals surface area contributed by atoms with Crippen LogP contribution in [0, 0.1) is 6.92 Å². The number of nitrogens with zero attached hydrogens (tertiary/aromatic N) is 2. The predicted molar refractivity (Wildman–Crippen MR) is 87.4 cm³/mol. The molecule has 0 radical (unpaired) electrons. The Bertz CT molecular complexity index is 848. The van der Waals surface area contributed by atoms with Gasteiger partial charge in [0.1, 0.15) is 9.90 Å². The molecular weight excluding hydrogens is 372 g/mol. The number of hydrogen-bond acceptors (Lipinski definition) is 5. The molecule has 4 nitrogen and oxygen atoms in total. The van der Waals surface area contributed by atoms with E-state index in [9.17, 15) is 4.79 Å². The lowest BCUT2D eigenvalue weighted by Gasteiger charge is -2.04. The molecular formula is C14H9BrN2O2S2. The molecule has 1 aromatic carbocycles. The quantitative estimate of drug-likeness (QED) is 0.718. The van der Waals surface area contributed by atoms with Crippen molar-refractivity contribution >= 4 is 55.8 Å². The van der Waals surface area contributed by atoms with Crippen LogP contribution in [0.25, 0.3) is 10.8 Å². The van der Waals surface area contributed by atoms with E-state index in [4.69, 9.17) is 5.11 Å². The van der Waals surface area contributed by atoms with E-state index in [0.717, 1.165) is 20.3 Å². The van der Waals surface area contributed by atoms with Gasteiger partial charge in [-0.1, -0.05) is 39.4 Å². The van der Waals surface area contributed by atoms with Crippen molar-refractivity contribution in [3.8, 4) is 0 Å². The van der Waals surface area contributed by atoms with Gasteiger partial charge in [-0.25, -0.2) is 14.8 Å². The maximum atomic E-state index is 11.1. The third-order valence-corrected chi connectivity index (χ3v) is 5.79. The smallest absolute Gasteiger partial charge is 0.347 e. The van der Waals surface area contributed by atoms with Gasteiger partial charge in [-0.05, 0) is 30.8 Å². The highest BCUT2D eigenvalue weighted by Gasteiger charge is 2.16.